The zero-order valence-corrected chi connectivity index (χ0v) is 13.3. The first-order valence-corrected chi connectivity index (χ1v) is 9.63. The second kappa shape index (κ2) is 6.26. The van der Waals surface area contributed by atoms with Crippen LogP contribution in [-0.4, -0.2) is 49.1 Å². The monoisotopic (exact) mass is 327 g/mol. The average molecular weight is 327 g/mol. The summed E-state index contributed by atoms with van der Waals surface area (Å²) in [5.41, 5.74) is 0.889. The Kier molecular flexibility index (Phi) is 4.52. The summed E-state index contributed by atoms with van der Waals surface area (Å²) in [7, 11) is -2.85. The fourth-order valence-electron chi connectivity index (χ4n) is 3.59. The minimum atomic E-state index is -2.85. The van der Waals surface area contributed by atoms with Crippen LogP contribution in [0.25, 0.3) is 0 Å². The van der Waals surface area contributed by atoms with E-state index in [0.29, 0.717) is 31.7 Å². The smallest absolute Gasteiger partial charge is 0.150 e. The summed E-state index contributed by atoms with van der Waals surface area (Å²) in [4.78, 5) is 2.18. The molecule has 0 saturated carbocycles. The lowest BCUT2D eigenvalue weighted by Gasteiger charge is -2.30. The summed E-state index contributed by atoms with van der Waals surface area (Å²) < 4.78 is 36.5. The maximum absolute atomic E-state index is 13.4. The normalized spacial score (nSPS) is 29.7. The van der Waals surface area contributed by atoms with E-state index in [1.807, 2.05) is 6.07 Å². The van der Waals surface area contributed by atoms with Crippen LogP contribution in [-0.2, 0) is 9.84 Å². The number of benzene rings is 1. The van der Waals surface area contributed by atoms with Crippen LogP contribution in [0.2, 0.25) is 0 Å². The molecular formula is C16H22FNO3S. The second-order valence-electron chi connectivity index (χ2n) is 6.51. The van der Waals surface area contributed by atoms with Gasteiger partial charge in [-0.15, -0.1) is 0 Å². The van der Waals surface area contributed by atoms with E-state index in [2.05, 4.69) is 4.90 Å². The van der Waals surface area contributed by atoms with E-state index in [4.69, 9.17) is 0 Å². The number of β-amino-alcohol motifs (C(OH)–C–C–N with tert-alkyl or cyclic N) is 1. The Morgan fingerprint density at radius 3 is 2.68 bits per heavy atom. The molecule has 0 radical (unpaired) electrons. The van der Waals surface area contributed by atoms with Crippen molar-refractivity contribution in [1.82, 2.24) is 4.90 Å². The van der Waals surface area contributed by atoms with E-state index in [0.717, 1.165) is 12.1 Å². The molecule has 2 heterocycles. The fourth-order valence-corrected chi connectivity index (χ4v) is 5.18. The van der Waals surface area contributed by atoms with Crippen molar-refractivity contribution in [3.05, 3.63) is 35.6 Å². The molecule has 6 heteroatoms. The zero-order valence-electron chi connectivity index (χ0n) is 12.5. The molecule has 1 N–H and O–H groups in total. The van der Waals surface area contributed by atoms with E-state index in [-0.39, 0.29) is 23.4 Å². The maximum atomic E-state index is 13.4. The standard InChI is InChI=1S/C16H22FNO3S/c17-14-3-1-2-13(8-14)16-9-15(19)11-18(16)10-12-4-6-22(20,21)7-5-12/h1-3,8,12,15-16,19H,4-7,9-11H2/t15-,16+/m0/s1. The molecule has 2 fully saturated rings. The molecule has 2 atom stereocenters. The molecule has 2 saturated heterocycles. The third kappa shape index (κ3) is 3.67. The first-order chi connectivity index (χ1) is 10.4. The van der Waals surface area contributed by atoms with Crippen molar-refractivity contribution in [2.45, 2.75) is 31.4 Å². The Hall–Kier alpha value is -0.980. The summed E-state index contributed by atoms with van der Waals surface area (Å²) >= 11 is 0. The van der Waals surface area contributed by atoms with Crippen LogP contribution in [0, 0.1) is 11.7 Å². The summed E-state index contributed by atoms with van der Waals surface area (Å²) in [6.07, 6.45) is 1.57. The first kappa shape index (κ1) is 15.9. The largest absolute Gasteiger partial charge is 0.392 e. The topological polar surface area (TPSA) is 57.6 Å². The number of rotatable bonds is 3. The highest BCUT2D eigenvalue weighted by atomic mass is 32.2. The highest BCUT2D eigenvalue weighted by molar-refractivity contribution is 7.91. The molecule has 0 bridgehead atoms. The van der Waals surface area contributed by atoms with Crippen molar-refractivity contribution in [2.24, 2.45) is 5.92 Å². The Morgan fingerprint density at radius 1 is 1.27 bits per heavy atom. The van der Waals surface area contributed by atoms with Crippen LogP contribution < -0.4 is 0 Å². The van der Waals surface area contributed by atoms with Gasteiger partial charge in [-0.1, -0.05) is 12.1 Å². The van der Waals surface area contributed by atoms with Gasteiger partial charge < -0.3 is 5.11 Å². The van der Waals surface area contributed by atoms with E-state index >= 15 is 0 Å². The van der Waals surface area contributed by atoms with Gasteiger partial charge in [-0.2, -0.15) is 0 Å². The van der Waals surface area contributed by atoms with Crippen LogP contribution >= 0.6 is 0 Å². The van der Waals surface area contributed by atoms with Gasteiger partial charge in [-0.25, -0.2) is 12.8 Å². The predicted octanol–water partition coefficient (Wildman–Crippen LogP) is 1.76. The van der Waals surface area contributed by atoms with Crippen molar-refractivity contribution < 1.29 is 17.9 Å². The second-order valence-corrected chi connectivity index (χ2v) is 8.81. The summed E-state index contributed by atoms with van der Waals surface area (Å²) in [5, 5.41) is 9.98. The van der Waals surface area contributed by atoms with Crippen LogP contribution in [0.4, 0.5) is 4.39 Å². The van der Waals surface area contributed by atoms with E-state index in [1.165, 1.54) is 12.1 Å². The molecule has 3 rings (SSSR count). The average Bonchev–Trinajstić information content (AvgIpc) is 2.82. The van der Waals surface area contributed by atoms with Crippen molar-refractivity contribution in [3.63, 3.8) is 0 Å². The highest BCUT2D eigenvalue weighted by Gasteiger charge is 2.34. The quantitative estimate of drug-likeness (QED) is 0.919. The number of aliphatic hydroxyl groups excluding tert-OH is 1. The number of halogens is 1. The Labute approximate surface area is 130 Å². The summed E-state index contributed by atoms with van der Waals surface area (Å²) in [5.74, 6) is 0.602. The molecule has 1 aromatic rings. The highest BCUT2D eigenvalue weighted by Crippen LogP contribution is 2.34. The number of hydrogen-bond acceptors (Lipinski definition) is 4. The van der Waals surface area contributed by atoms with Crippen molar-refractivity contribution >= 4 is 9.84 Å². The zero-order chi connectivity index (χ0) is 15.7. The van der Waals surface area contributed by atoms with Crippen LogP contribution in [0.15, 0.2) is 24.3 Å². The van der Waals surface area contributed by atoms with Crippen LogP contribution in [0.5, 0.6) is 0 Å². The molecule has 0 spiro atoms. The van der Waals surface area contributed by atoms with Gasteiger partial charge in [0.05, 0.1) is 17.6 Å². The molecule has 22 heavy (non-hydrogen) atoms. The van der Waals surface area contributed by atoms with Crippen molar-refractivity contribution in [1.29, 1.82) is 0 Å². The number of hydrogen-bond donors (Lipinski definition) is 1. The van der Waals surface area contributed by atoms with E-state index < -0.39 is 15.9 Å². The molecule has 2 aliphatic rings. The Balaban J connectivity index is 1.69. The Bertz CT molecular complexity index is 620. The lowest BCUT2D eigenvalue weighted by molar-refractivity contribution is 0.163. The van der Waals surface area contributed by atoms with Gasteiger partial charge in [0.15, 0.2) is 0 Å². The fraction of sp³-hybridized carbons (Fsp3) is 0.625. The molecular weight excluding hydrogens is 305 g/mol. The van der Waals surface area contributed by atoms with Crippen LogP contribution in [0.3, 0.4) is 0 Å². The van der Waals surface area contributed by atoms with Crippen molar-refractivity contribution in [2.75, 3.05) is 24.6 Å². The number of aliphatic hydroxyl groups is 1. The SMILES string of the molecule is O=S1(=O)CCC(CN2C[C@@H](O)C[C@@H]2c2cccc(F)c2)CC1. The molecule has 0 aromatic heterocycles. The lowest BCUT2D eigenvalue weighted by atomic mass is 9.99. The van der Waals surface area contributed by atoms with E-state index in [9.17, 15) is 17.9 Å². The van der Waals surface area contributed by atoms with Gasteiger partial charge in [0.1, 0.15) is 15.7 Å². The maximum Gasteiger partial charge on any atom is 0.150 e. The molecule has 4 nitrogen and oxygen atoms in total. The van der Waals surface area contributed by atoms with Crippen LogP contribution in [0.1, 0.15) is 30.9 Å². The molecule has 122 valence electrons. The van der Waals surface area contributed by atoms with Gasteiger partial charge in [-0.3, -0.25) is 4.90 Å². The minimum absolute atomic E-state index is 0.0178. The summed E-state index contributed by atoms with van der Waals surface area (Å²) in [6, 6.07) is 6.56. The number of likely N-dealkylation sites (tertiary alicyclic amines) is 1. The summed E-state index contributed by atoms with van der Waals surface area (Å²) in [6.45, 7) is 1.35. The number of sulfone groups is 1. The molecule has 0 amide bonds. The van der Waals surface area contributed by atoms with Gasteiger partial charge in [-0.05, 0) is 42.9 Å². The third-order valence-electron chi connectivity index (χ3n) is 4.78. The van der Waals surface area contributed by atoms with Gasteiger partial charge >= 0.3 is 0 Å². The molecule has 2 aliphatic heterocycles. The third-order valence-corrected chi connectivity index (χ3v) is 6.50. The molecule has 0 unspecified atom stereocenters. The minimum Gasteiger partial charge on any atom is -0.392 e. The Morgan fingerprint density at radius 2 is 2.00 bits per heavy atom. The lowest BCUT2D eigenvalue weighted by Crippen LogP contribution is -2.34. The molecule has 1 aromatic carbocycles. The van der Waals surface area contributed by atoms with Gasteiger partial charge in [0.25, 0.3) is 0 Å². The van der Waals surface area contributed by atoms with Crippen molar-refractivity contribution in [3.8, 4) is 0 Å². The van der Waals surface area contributed by atoms with E-state index in [1.54, 1.807) is 6.07 Å². The van der Waals surface area contributed by atoms with Gasteiger partial charge in [0, 0.05) is 19.1 Å². The molecule has 0 aliphatic carbocycles. The first-order valence-electron chi connectivity index (χ1n) is 7.81. The van der Waals surface area contributed by atoms with Gasteiger partial charge in [0.2, 0.25) is 0 Å². The number of nitrogens with zero attached hydrogens (tertiary/aromatic N) is 1. The predicted molar refractivity (Wildman–Crippen MR) is 82.7 cm³/mol.